The molecule has 11 heteroatoms. The van der Waals surface area contributed by atoms with Crippen molar-refractivity contribution in [2.24, 2.45) is 0 Å². The molecule has 2 aromatic rings. The quantitative estimate of drug-likeness (QED) is 0.365. The van der Waals surface area contributed by atoms with Gasteiger partial charge < -0.3 is 20.2 Å². The molecule has 0 saturated carbocycles. The van der Waals surface area contributed by atoms with Crippen molar-refractivity contribution in [2.75, 3.05) is 37.5 Å². The molecule has 0 bridgehead atoms. The fourth-order valence-corrected chi connectivity index (χ4v) is 3.47. The Bertz CT molecular complexity index is 1100. The summed E-state index contributed by atoms with van der Waals surface area (Å²) in [7, 11) is 1.50. The van der Waals surface area contributed by atoms with Crippen LogP contribution in [0.5, 0.6) is 0 Å². The predicted molar refractivity (Wildman–Crippen MR) is 120 cm³/mol. The Hall–Kier alpha value is -3.34. The van der Waals surface area contributed by atoms with E-state index in [0.29, 0.717) is 24.2 Å². The molecule has 0 saturated heterocycles. The number of aromatic amines is 2. The van der Waals surface area contributed by atoms with Gasteiger partial charge in [-0.15, -0.1) is 0 Å². The molecule has 2 rings (SSSR count). The van der Waals surface area contributed by atoms with E-state index in [1.807, 2.05) is 6.92 Å². The van der Waals surface area contributed by atoms with E-state index < -0.39 is 23.1 Å². The molecular formula is C21H31N5O6. The van der Waals surface area contributed by atoms with Gasteiger partial charge in [0.05, 0.1) is 12.2 Å². The molecule has 2 aromatic heterocycles. The van der Waals surface area contributed by atoms with Gasteiger partial charge in [0, 0.05) is 25.9 Å². The molecule has 11 nitrogen and oxygen atoms in total. The minimum atomic E-state index is -0.754. The summed E-state index contributed by atoms with van der Waals surface area (Å²) in [4.78, 5) is 57.0. The molecule has 0 aromatic carbocycles. The summed E-state index contributed by atoms with van der Waals surface area (Å²) in [5.74, 6) is -1.22. The van der Waals surface area contributed by atoms with Crippen LogP contribution in [0.25, 0.3) is 0 Å². The number of unbranched alkanes of at least 4 members (excludes halogenated alkanes) is 1. The van der Waals surface area contributed by atoms with Gasteiger partial charge in [0.1, 0.15) is 18.1 Å². The van der Waals surface area contributed by atoms with Gasteiger partial charge in [-0.25, -0.2) is 9.59 Å². The highest BCUT2D eigenvalue weighted by molar-refractivity contribution is 6.09. The SMILES string of the molecule is CCCCn1c(N)c(N(CC)C(=O)c2[nH]c(C)c(C(=O)OCCOC)c2C)c(=O)[nH]c1=O. The Kier molecular flexibility index (Phi) is 8.41. The van der Waals surface area contributed by atoms with E-state index >= 15 is 0 Å². The highest BCUT2D eigenvalue weighted by Crippen LogP contribution is 2.24. The summed E-state index contributed by atoms with van der Waals surface area (Å²) >= 11 is 0. The summed E-state index contributed by atoms with van der Waals surface area (Å²) in [6.45, 7) is 7.67. The number of amides is 1. The van der Waals surface area contributed by atoms with Gasteiger partial charge in [0.2, 0.25) is 0 Å². The van der Waals surface area contributed by atoms with Crippen LogP contribution >= 0.6 is 0 Å². The number of anilines is 2. The lowest BCUT2D eigenvalue weighted by molar-refractivity contribution is 0.0387. The lowest BCUT2D eigenvalue weighted by Gasteiger charge is -2.23. The van der Waals surface area contributed by atoms with E-state index in [-0.39, 0.29) is 42.5 Å². The second-order valence-corrected chi connectivity index (χ2v) is 7.30. The van der Waals surface area contributed by atoms with Crippen molar-refractivity contribution in [1.82, 2.24) is 14.5 Å². The monoisotopic (exact) mass is 449 g/mol. The van der Waals surface area contributed by atoms with Crippen LogP contribution in [0.2, 0.25) is 0 Å². The van der Waals surface area contributed by atoms with Gasteiger partial charge in [0.15, 0.2) is 5.69 Å². The third-order valence-corrected chi connectivity index (χ3v) is 5.16. The lowest BCUT2D eigenvalue weighted by atomic mass is 10.1. The normalized spacial score (nSPS) is 10.9. The Morgan fingerprint density at radius 1 is 1.12 bits per heavy atom. The van der Waals surface area contributed by atoms with Crippen LogP contribution in [0.3, 0.4) is 0 Å². The highest BCUT2D eigenvalue weighted by Gasteiger charge is 2.29. The highest BCUT2D eigenvalue weighted by atomic mass is 16.6. The zero-order valence-corrected chi connectivity index (χ0v) is 19.2. The van der Waals surface area contributed by atoms with Gasteiger partial charge in [0.25, 0.3) is 11.5 Å². The maximum atomic E-state index is 13.4. The second-order valence-electron chi connectivity index (χ2n) is 7.30. The van der Waals surface area contributed by atoms with Crippen LogP contribution in [0.1, 0.15) is 58.8 Å². The number of hydrogen-bond acceptors (Lipinski definition) is 7. The zero-order chi connectivity index (χ0) is 24.0. The molecule has 176 valence electrons. The van der Waals surface area contributed by atoms with Gasteiger partial charge in [-0.2, -0.15) is 0 Å². The molecule has 2 heterocycles. The number of methoxy groups -OCH3 is 1. The minimum Gasteiger partial charge on any atom is -0.460 e. The minimum absolute atomic E-state index is 0.0783. The van der Waals surface area contributed by atoms with Crippen molar-refractivity contribution in [3.8, 4) is 0 Å². The van der Waals surface area contributed by atoms with E-state index in [9.17, 15) is 19.2 Å². The fraction of sp³-hybridized carbons (Fsp3) is 0.524. The van der Waals surface area contributed by atoms with Crippen molar-refractivity contribution in [1.29, 1.82) is 0 Å². The number of nitrogens with two attached hydrogens (primary N) is 1. The number of ether oxygens (including phenoxy) is 2. The van der Waals surface area contributed by atoms with Crippen LogP contribution in [-0.4, -0.2) is 53.3 Å². The number of H-pyrrole nitrogens is 2. The lowest BCUT2D eigenvalue weighted by Crippen LogP contribution is -2.41. The first-order chi connectivity index (χ1) is 15.2. The van der Waals surface area contributed by atoms with Gasteiger partial charge in [-0.1, -0.05) is 13.3 Å². The van der Waals surface area contributed by atoms with E-state index in [0.717, 1.165) is 6.42 Å². The summed E-state index contributed by atoms with van der Waals surface area (Å²) in [5, 5.41) is 0. The third kappa shape index (κ3) is 4.93. The average molecular weight is 450 g/mol. The van der Waals surface area contributed by atoms with Gasteiger partial charge >= 0.3 is 11.7 Å². The Morgan fingerprint density at radius 2 is 1.81 bits per heavy atom. The number of rotatable bonds is 10. The molecule has 0 atom stereocenters. The third-order valence-electron chi connectivity index (χ3n) is 5.16. The summed E-state index contributed by atoms with van der Waals surface area (Å²) in [6.07, 6.45) is 1.50. The van der Waals surface area contributed by atoms with E-state index in [2.05, 4.69) is 9.97 Å². The number of nitrogens with one attached hydrogen (secondary N) is 2. The van der Waals surface area contributed by atoms with Crippen LogP contribution in [0.4, 0.5) is 11.5 Å². The van der Waals surface area contributed by atoms with Gasteiger partial charge in [-0.05, 0) is 32.8 Å². The Morgan fingerprint density at radius 3 is 2.41 bits per heavy atom. The molecule has 4 N–H and O–H groups in total. The molecule has 0 fully saturated rings. The van der Waals surface area contributed by atoms with E-state index in [1.165, 1.54) is 16.6 Å². The Balaban J connectivity index is 2.49. The number of aryl methyl sites for hydroxylation is 1. The van der Waals surface area contributed by atoms with Crippen molar-refractivity contribution in [2.45, 2.75) is 47.1 Å². The molecule has 0 unspecified atom stereocenters. The van der Waals surface area contributed by atoms with Crippen LogP contribution < -0.4 is 21.9 Å². The largest absolute Gasteiger partial charge is 0.460 e. The summed E-state index contributed by atoms with van der Waals surface area (Å²) in [6, 6.07) is 0. The topological polar surface area (TPSA) is 153 Å². The van der Waals surface area contributed by atoms with Crippen molar-refractivity contribution in [3.63, 3.8) is 0 Å². The Labute approximate surface area is 185 Å². The average Bonchev–Trinajstić information content (AvgIpc) is 3.04. The maximum Gasteiger partial charge on any atom is 0.340 e. The number of nitrogens with zero attached hydrogens (tertiary/aromatic N) is 2. The fourth-order valence-electron chi connectivity index (χ4n) is 3.47. The summed E-state index contributed by atoms with van der Waals surface area (Å²) in [5.41, 5.74) is 5.90. The number of esters is 1. The molecule has 32 heavy (non-hydrogen) atoms. The molecule has 0 aliphatic carbocycles. The summed E-state index contributed by atoms with van der Waals surface area (Å²) < 4.78 is 11.3. The zero-order valence-electron chi connectivity index (χ0n) is 19.2. The number of hydrogen-bond donors (Lipinski definition) is 3. The molecule has 1 amide bonds. The molecule has 0 spiro atoms. The molecule has 0 aliphatic rings. The number of aromatic nitrogens is 3. The smallest absolute Gasteiger partial charge is 0.340 e. The first-order valence-electron chi connectivity index (χ1n) is 10.5. The van der Waals surface area contributed by atoms with Crippen LogP contribution in [-0.2, 0) is 16.0 Å². The maximum absolute atomic E-state index is 13.4. The number of carbonyl (C=O) groups is 2. The van der Waals surface area contributed by atoms with Crippen molar-refractivity contribution >= 4 is 23.4 Å². The molecule has 0 aliphatic heterocycles. The number of nitrogen functional groups attached to an aromatic ring is 1. The van der Waals surface area contributed by atoms with Crippen molar-refractivity contribution < 1.29 is 19.1 Å². The standard InChI is InChI=1S/C21H31N5O6/c1-6-8-9-26-17(22)16(18(27)24-21(26)30)25(7-2)19(28)15-12(3)14(13(4)23-15)20(29)32-11-10-31-5/h23H,6-11,22H2,1-5H3,(H,24,27,30). The van der Waals surface area contributed by atoms with Crippen LogP contribution in [0.15, 0.2) is 9.59 Å². The van der Waals surface area contributed by atoms with E-state index in [4.69, 9.17) is 15.2 Å². The van der Waals surface area contributed by atoms with Crippen molar-refractivity contribution in [3.05, 3.63) is 43.4 Å². The molecular weight excluding hydrogens is 418 g/mol. The van der Waals surface area contributed by atoms with Crippen LogP contribution in [0, 0.1) is 13.8 Å². The van der Waals surface area contributed by atoms with Gasteiger partial charge in [-0.3, -0.25) is 24.0 Å². The second kappa shape index (κ2) is 10.8. The first kappa shape index (κ1) is 24.9. The predicted octanol–water partition coefficient (Wildman–Crippen LogP) is 1.33. The molecule has 0 radical (unpaired) electrons. The first-order valence-corrected chi connectivity index (χ1v) is 10.5. The van der Waals surface area contributed by atoms with E-state index in [1.54, 1.807) is 20.8 Å². The number of carbonyl (C=O) groups excluding carboxylic acids is 2.